The summed E-state index contributed by atoms with van der Waals surface area (Å²) in [5.74, 6) is 2.34. The van der Waals surface area contributed by atoms with Gasteiger partial charge in [-0.3, -0.25) is 4.79 Å². The van der Waals surface area contributed by atoms with E-state index in [-0.39, 0.29) is 12.5 Å². The van der Waals surface area contributed by atoms with E-state index in [9.17, 15) is 4.79 Å². The molecule has 0 radical (unpaired) electrons. The first-order valence-corrected chi connectivity index (χ1v) is 6.78. The predicted octanol–water partition coefficient (Wildman–Crippen LogP) is 2.37. The Morgan fingerprint density at radius 1 is 1.22 bits per heavy atom. The Balaban J connectivity index is 1.45. The third-order valence-corrected chi connectivity index (χ3v) is 4.20. The highest BCUT2D eigenvalue weighted by Crippen LogP contribution is 2.44. The number of carbonyl (C=O) groups excluding carboxylic acids is 1. The van der Waals surface area contributed by atoms with Gasteiger partial charge in [0.1, 0.15) is 5.75 Å². The summed E-state index contributed by atoms with van der Waals surface area (Å²) in [6.45, 7) is 0.123. The molecule has 3 rings (SSSR count). The van der Waals surface area contributed by atoms with E-state index in [1.54, 1.807) is 0 Å². The quantitative estimate of drug-likeness (QED) is 0.884. The van der Waals surface area contributed by atoms with E-state index < -0.39 is 0 Å². The number of carbonyl (C=O) groups is 1. The molecular formula is C15H19NO2. The van der Waals surface area contributed by atoms with Crippen LogP contribution < -0.4 is 10.1 Å². The third-order valence-electron chi connectivity index (χ3n) is 4.20. The van der Waals surface area contributed by atoms with Crippen LogP contribution in [0.3, 0.4) is 0 Å². The van der Waals surface area contributed by atoms with Gasteiger partial charge in [-0.2, -0.15) is 0 Å². The van der Waals surface area contributed by atoms with Crippen molar-refractivity contribution in [2.24, 2.45) is 11.8 Å². The van der Waals surface area contributed by atoms with Crippen molar-refractivity contribution in [2.45, 2.75) is 31.7 Å². The number of amides is 1. The molecule has 18 heavy (non-hydrogen) atoms. The van der Waals surface area contributed by atoms with Gasteiger partial charge in [0.05, 0.1) is 0 Å². The topological polar surface area (TPSA) is 38.3 Å². The van der Waals surface area contributed by atoms with E-state index in [1.165, 1.54) is 25.7 Å². The molecule has 96 valence electrons. The summed E-state index contributed by atoms with van der Waals surface area (Å²) in [5.41, 5.74) is 0. The Morgan fingerprint density at radius 2 is 2.06 bits per heavy atom. The summed E-state index contributed by atoms with van der Waals surface area (Å²) in [5, 5.41) is 3.12. The van der Waals surface area contributed by atoms with Crippen LogP contribution in [0.2, 0.25) is 0 Å². The van der Waals surface area contributed by atoms with Gasteiger partial charge in [-0.1, -0.05) is 24.6 Å². The van der Waals surface area contributed by atoms with Gasteiger partial charge in [-0.25, -0.2) is 0 Å². The van der Waals surface area contributed by atoms with Crippen LogP contribution in [0.15, 0.2) is 30.3 Å². The van der Waals surface area contributed by atoms with Crippen LogP contribution in [-0.2, 0) is 4.79 Å². The number of para-hydroxylation sites is 1. The zero-order valence-electron chi connectivity index (χ0n) is 10.5. The molecule has 0 spiro atoms. The average molecular weight is 245 g/mol. The Hall–Kier alpha value is -1.51. The molecule has 2 bridgehead atoms. The molecule has 2 saturated carbocycles. The van der Waals surface area contributed by atoms with Crippen molar-refractivity contribution >= 4 is 5.91 Å². The van der Waals surface area contributed by atoms with Gasteiger partial charge >= 0.3 is 0 Å². The fraction of sp³-hybridized carbons (Fsp3) is 0.533. The molecule has 2 aliphatic carbocycles. The van der Waals surface area contributed by atoms with Gasteiger partial charge in [0.2, 0.25) is 0 Å². The van der Waals surface area contributed by atoms with Gasteiger partial charge in [-0.05, 0) is 43.2 Å². The monoisotopic (exact) mass is 245 g/mol. The number of fused-ring (bicyclic) bond motifs is 2. The molecule has 1 aromatic rings. The lowest BCUT2D eigenvalue weighted by atomic mass is 9.95. The Bertz CT molecular complexity index is 418. The van der Waals surface area contributed by atoms with Gasteiger partial charge < -0.3 is 10.1 Å². The van der Waals surface area contributed by atoms with Crippen molar-refractivity contribution < 1.29 is 9.53 Å². The summed E-state index contributed by atoms with van der Waals surface area (Å²) in [6.07, 6.45) is 5.12. The normalized spacial score (nSPS) is 29.2. The summed E-state index contributed by atoms with van der Waals surface area (Å²) >= 11 is 0. The molecule has 3 nitrogen and oxygen atoms in total. The lowest BCUT2D eigenvalue weighted by Crippen LogP contribution is -2.40. The fourth-order valence-electron chi connectivity index (χ4n) is 3.34. The summed E-state index contributed by atoms with van der Waals surface area (Å²) in [4.78, 5) is 11.8. The number of rotatable bonds is 4. The molecule has 2 fully saturated rings. The van der Waals surface area contributed by atoms with Crippen molar-refractivity contribution in [1.82, 2.24) is 5.32 Å². The van der Waals surface area contributed by atoms with Crippen molar-refractivity contribution in [3.05, 3.63) is 30.3 Å². The van der Waals surface area contributed by atoms with Crippen molar-refractivity contribution in [3.8, 4) is 5.75 Å². The summed E-state index contributed by atoms with van der Waals surface area (Å²) < 4.78 is 5.45. The molecule has 1 aromatic carbocycles. The summed E-state index contributed by atoms with van der Waals surface area (Å²) in [6, 6.07) is 9.88. The van der Waals surface area contributed by atoms with Gasteiger partial charge in [0.25, 0.3) is 5.91 Å². The minimum absolute atomic E-state index is 0.0106. The highest BCUT2D eigenvalue weighted by molar-refractivity contribution is 5.77. The maximum absolute atomic E-state index is 11.8. The van der Waals surface area contributed by atoms with Crippen LogP contribution in [0.5, 0.6) is 5.75 Å². The molecule has 2 aliphatic rings. The minimum atomic E-state index is 0.0106. The standard InChI is InChI=1S/C15H19NO2/c17-15(10-18-13-4-2-1-3-5-13)16-14-9-11-6-7-12(14)8-11/h1-5,11-12,14H,6-10H2,(H,16,17)/t11-,12-,14-/m1/s1. The third kappa shape index (κ3) is 2.50. The maximum Gasteiger partial charge on any atom is 0.258 e. The number of benzene rings is 1. The number of hydrogen-bond acceptors (Lipinski definition) is 2. The van der Waals surface area contributed by atoms with E-state index >= 15 is 0 Å². The second-order valence-corrected chi connectivity index (χ2v) is 5.45. The second-order valence-electron chi connectivity index (χ2n) is 5.45. The zero-order chi connectivity index (χ0) is 12.4. The van der Waals surface area contributed by atoms with Crippen molar-refractivity contribution in [1.29, 1.82) is 0 Å². The van der Waals surface area contributed by atoms with E-state index in [0.717, 1.165) is 17.6 Å². The van der Waals surface area contributed by atoms with E-state index in [0.29, 0.717) is 6.04 Å². The minimum Gasteiger partial charge on any atom is -0.484 e. The SMILES string of the molecule is O=C(COc1ccccc1)N[C@@H]1C[C@@H]2CC[C@@H]1C2. The molecule has 3 atom stereocenters. The first-order chi connectivity index (χ1) is 8.81. The largest absolute Gasteiger partial charge is 0.484 e. The first-order valence-electron chi connectivity index (χ1n) is 6.78. The van der Waals surface area contributed by atoms with Crippen LogP contribution in [0.25, 0.3) is 0 Å². The van der Waals surface area contributed by atoms with E-state index in [2.05, 4.69) is 5.32 Å². The van der Waals surface area contributed by atoms with E-state index in [4.69, 9.17) is 4.74 Å². The van der Waals surface area contributed by atoms with Crippen molar-refractivity contribution in [2.75, 3.05) is 6.61 Å². The van der Waals surface area contributed by atoms with Crippen LogP contribution in [0, 0.1) is 11.8 Å². The van der Waals surface area contributed by atoms with Crippen LogP contribution in [-0.4, -0.2) is 18.6 Å². The number of nitrogens with one attached hydrogen (secondary N) is 1. The fourth-order valence-corrected chi connectivity index (χ4v) is 3.34. The molecular weight excluding hydrogens is 226 g/mol. The number of hydrogen-bond donors (Lipinski definition) is 1. The van der Waals surface area contributed by atoms with Crippen LogP contribution >= 0.6 is 0 Å². The molecule has 0 unspecified atom stereocenters. The lowest BCUT2D eigenvalue weighted by molar-refractivity contribution is -0.124. The predicted molar refractivity (Wildman–Crippen MR) is 69.3 cm³/mol. The van der Waals surface area contributed by atoms with Gasteiger partial charge in [0, 0.05) is 6.04 Å². The first kappa shape index (κ1) is 11.6. The zero-order valence-corrected chi connectivity index (χ0v) is 10.5. The lowest BCUT2D eigenvalue weighted by Gasteiger charge is -2.22. The Labute approximate surface area is 108 Å². The molecule has 0 aliphatic heterocycles. The Morgan fingerprint density at radius 3 is 2.72 bits per heavy atom. The van der Waals surface area contributed by atoms with E-state index in [1.807, 2.05) is 30.3 Å². The molecule has 0 heterocycles. The van der Waals surface area contributed by atoms with Crippen LogP contribution in [0.1, 0.15) is 25.7 Å². The average Bonchev–Trinajstić information content (AvgIpc) is 3.00. The molecule has 3 heteroatoms. The van der Waals surface area contributed by atoms with Gasteiger partial charge in [0.15, 0.2) is 6.61 Å². The maximum atomic E-state index is 11.8. The van der Waals surface area contributed by atoms with Gasteiger partial charge in [-0.15, -0.1) is 0 Å². The van der Waals surface area contributed by atoms with Crippen molar-refractivity contribution in [3.63, 3.8) is 0 Å². The number of ether oxygens (including phenoxy) is 1. The molecule has 1 amide bonds. The Kier molecular flexibility index (Phi) is 3.22. The van der Waals surface area contributed by atoms with Crippen LogP contribution in [0.4, 0.5) is 0 Å². The molecule has 0 saturated heterocycles. The summed E-state index contributed by atoms with van der Waals surface area (Å²) in [7, 11) is 0. The molecule has 1 N–H and O–H groups in total. The smallest absolute Gasteiger partial charge is 0.258 e. The highest BCUT2D eigenvalue weighted by atomic mass is 16.5. The molecule has 0 aromatic heterocycles. The second kappa shape index (κ2) is 5.01. The highest BCUT2D eigenvalue weighted by Gasteiger charge is 2.39.